The van der Waals surface area contributed by atoms with E-state index in [1.54, 1.807) is 0 Å². The lowest BCUT2D eigenvalue weighted by Gasteiger charge is -2.46. The highest BCUT2D eigenvalue weighted by atomic mass is 32.1. The number of hydrogen-bond acceptors (Lipinski definition) is 11. The Labute approximate surface area is 273 Å². The first-order valence-corrected chi connectivity index (χ1v) is 16.8. The van der Waals surface area contributed by atoms with E-state index in [0.29, 0.717) is 26.1 Å². The summed E-state index contributed by atoms with van der Waals surface area (Å²) in [4.78, 5) is 31.8. The minimum absolute atomic E-state index is 0.00445. The number of ether oxygens (including phenoxy) is 2. The zero-order valence-corrected chi connectivity index (χ0v) is 26.3. The van der Waals surface area contributed by atoms with Crippen LogP contribution in [0.3, 0.4) is 0 Å². The fraction of sp³-hybridized carbons (Fsp3) is 0.548. The van der Waals surface area contributed by atoms with Crippen molar-refractivity contribution in [1.29, 1.82) is 0 Å². The first-order valence-electron chi connectivity index (χ1n) is 16.0. The lowest BCUT2D eigenvalue weighted by atomic mass is 9.95. The van der Waals surface area contributed by atoms with Gasteiger partial charge in [-0.1, -0.05) is 11.3 Å². The van der Waals surface area contributed by atoms with Crippen LogP contribution in [0.15, 0.2) is 16.9 Å². The molecule has 1 aliphatic carbocycles. The third-order valence-electron chi connectivity index (χ3n) is 10.5. The van der Waals surface area contributed by atoms with Crippen LogP contribution in [-0.2, 0) is 4.74 Å². The number of morpholine rings is 1. The topological polar surface area (TPSA) is 124 Å². The summed E-state index contributed by atoms with van der Waals surface area (Å²) in [5, 5.41) is 3.04. The molecule has 3 N–H and O–H groups in total. The molecule has 7 heterocycles. The summed E-state index contributed by atoms with van der Waals surface area (Å²) in [5.74, 6) is -4.99. The number of alkyl halides is 3. The number of rotatable bonds is 6. The summed E-state index contributed by atoms with van der Waals surface area (Å²) < 4.78 is 89.1. The molecule has 1 saturated carbocycles. The summed E-state index contributed by atoms with van der Waals surface area (Å²) in [5.41, 5.74) is 3.35. The molecule has 254 valence electrons. The number of nitrogens with one attached hydrogen (secondary N) is 1. The Bertz CT molecular complexity index is 2020. The molecule has 0 spiro atoms. The molecule has 3 unspecified atom stereocenters. The van der Waals surface area contributed by atoms with Gasteiger partial charge in [0, 0.05) is 38.0 Å². The van der Waals surface area contributed by atoms with Crippen LogP contribution in [0.4, 0.5) is 32.9 Å². The van der Waals surface area contributed by atoms with Crippen molar-refractivity contribution < 1.29 is 31.4 Å². The third kappa shape index (κ3) is 4.53. The van der Waals surface area contributed by atoms with Gasteiger partial charge in [-0.2, -0.15) is 9.97 Å². The van der Waals surface area contributed by atoms with Gasteiger partial charge in [-0.15, -0.1) is 0 Å². The van der Waals surface area contributed by atoms with E-state index >= 15 is 4.39 Å². The van der Waals surface area contributed by atoms with Crippen molar-refractivity contribution in [3.63, 3.8) is 0 Å². The van der Waals surface area contributed by atoms with Gasteiger partial charge in [-0.3, -0.25) is 14.3 Å². The van der Waals surface area contributed by atoms with Gasteiger partial charge in [0.1, 0.15) is 41.4 Å². The van der Waals surface area contributed by atoms with Gasteiger partial charge in [0.05, 0.1) is 46.7 Å². The number of hydrogen-bond donors (Lipinski definition) is 2. The molecule has 48 heavy (non-hydrogen) atoms. The van der Waals surface area contributed by atoms with Gasteiger partial charge in [0.2, 0.25) is 0 Å². The van der Waals surface area contributed by atoms with Crippen molar-refractivity contribution in [2.45, 2.75) is 61.4 Å². The highest BCUT2D eigenvalue weighted by Crippen LogP contribution is 2.54. The predicted octanol–water partition coefficient (Wildman–Crippen LogP) is 3.64. The normalized spacial score (nSPS) is 29.6. The molecule has 9 rings (SSSR count). The van der Waals surface area contributed by atoms with Gasteiger partial charge >= 0.3 is 6.01 Å². The molecule has 4 saturated heterocycles. The quantitative estimate of drug-likeness (QED) is 0.290. The molecule has 1 aromatic carbocycles. The van der Waals surface area contributed by atoms with Gasteiger partial charge in [-0.05, 0) is 31.5 Å². The number of benzene rings is 1. The Balaban J connectivity index is 1.29. The second-order valence-corrected chi connectivity index (χ2v) is 14.5. The van der Waals surface area contributed by atoms with E-state index in [1.807, 2.05) is 4.90 Å². The highest BCUT2D eigenvalue weighted by molar-refractivity contribution is 7.22. The zero-order chi connectivity index (χ0) is 33.1. The predicted molar refractivity (Wildman–Crippen MR) is 168 cm³/mol. The van der Waals surface area contributed by atoms with Gasteiger partial charge < -0.3 is 25.4 Å². The largest absolute Gasteiger partial charge is 0.461 e. The summed E-state index contributed by atoms with van der Waals surface area (Å²) in [7, 11) is 0. The van der Waals surface area contributed by atoms with Gasteiger partial charge in [-0.25, -0.2) is 26.9 Å². The molecule has 3 aromatic heterocycles. The summed E-state index contributed by atoms with van der Waals surface area (Å²) in [6, 6.07) is -0.222. The molecule has 5 fully saturated rings. The molecule has 4 aliphatic heterocycles. The standard InChI is InChI=1S/C31H31F5N8O3S/c32-14-6-30(4-1-5-42(30)10-14)13-47-29-40-23-20(26(41-29)43-15-8-38-9-16(43)12-46-11-15)27(45)44(19-7-31(19,35)36)24(21(23)34)17-2-3-18(33)25-22(17)39-28(37)48-25/h2-3,14-16,19,38H,1,4-13H2,(H2,37,39)/t14-,15?,16?,19?,30+/m1/s1. The SMILES string of the molecule is Nc1nc2c(-c3c(F)c4nc(OC[C@@]56CCCN5C[C@H](F)C6)nc(N5C6CNCC5COC6)c4c(=O)n3C3CC3(F)F)ccc(F)c2s1. The Morgan fingerprint density at radius 3 is 2.62 bits per heavy atom. The Kier molecular flexibility index (Phi) is 6.75. The van der Waals surface area contributed by atoms with Crippen molar-refractivity contribution in [3.05, 3.63) is 34.1 Å². The van der Waals surface area contributed by atoms with Crippen LogP contribution in [-0.4, -0.2) is 100 Å². The van der Waals surface area contributed by atoms with Crippen molar-refractivity contribution in [2.24, 2.45) is 0 Å². The van der Waals surface area contributed by atoms with Crippen LogP contribution in [0, 0.1) is 11.6 Å². The number of halogens is 5. The molecular weight excluding hydrogens is 659 g/mol. The van der Waals surface area contributed by atoms with Crippen LogP contribution in [0.5, 0.6) is 6.01 Å². The van der Waals surface area contributed by atoms with Crippen LogP contribution >= 0.6 is 11.3 Å². The van der Waals surface area contributed by atoms with Gasteiger partial charge in [0.25, 0.3) is 11.5 Å². The summed E-state index contributed by atoms with van der Waals surface area (Å²) in [6.45, 7) is 2.60. The number of piperazine rings is 1. The Morgan fingerprint density at radius 2 is 1.88 bits per heavy atom. The summed E-state index contributed by atoms with van der Waals surface area (Å²) in [6.07, 6.45) is 0.174. The molecular formula is C31H31F5N8O3S. The van der Waals surface area contributed by atoms with Crippen LogP contribution in [0.2, 0.25) is 0 Å². The molecule has 11 nitrogen and oxygen atoms in total. The van der Waals surface area contributed by atoms with Crippen molar-refractivity contribution in [3.8, 4) is 17.3 Å². The van der Waals surface area contributed by atoms with E-state index in [4.69, 9.17) is 15.2 Å². The molecule has 17 heteroatoms. The van der Waals surface area contributed by atoms with Gasteiger partial charge in [0.15, 0.2) is 10.9 Å². The molecule has 5 atom stereocenters. The Hall–Kier alpha value is -3.67. The average Bonchev–Trinajstić information content (AvgIpc) is 3.34. The molecule has 4 aromatic rings. The van der Waals surface area contributed by atoms with E-state index < -0.39 is 58.5 Å². The maximum Gasteiger partial charge on any atom is 0.319 e. The maximum absolute atomic E-state index is 17.3. The molecule has 0 radical (unpaired) electrons. The lowest BCUT2D eigenvalue weighted by molar-refractivity contribution is 0.0522. The molecule has 2 bridgehead atoms. The smallest absolute Gasteiger partial charge is 0.319 e. The van der Waals surface area contributed by atoms with Crippen molar-refractivity contribution in [2.75, 3.05) is 56.6 Å². The van der Waals surface area contributed by atoms with E-state index in [9.17, 15) is 22.4 Å². The monoisotopic (exact) mass is 690 g/mol. The molecule has 5 aliphatic rings. The van der Waals surface area contributed by atoms with Crippen LogP contribution in [0.1, 0.15) is 31.7 Å². The number of fused-ring (bicyclic) bond motifs is 5. The fourth-order valence-electron chi connectivity index (χ4n) is 8.21. The second-order valence-electron chi connectivity index (χ2n) is 13.5. The lowest BCUT2D eigenvalue weighted by Crippen LogP contribution is -2.64. The van der Waals surface area contributed by atoms with Crippen LogP contribution in [0.25, 0.3) is 32.4 Å². The molecule has 0 amide bonds. The van der Waals surface area contributed by atoms with E-state index in [2.05, 4.69) is 25.2 Å². The van der Waals surface area contributed by atoms with E-state index in [1.165, 1.54) is 6.07 Å². The first kappa shape index (κ1) is 30.4. The van der Waals surface area contributed by atoms with Crippen molar-refractivity contribution in [1.82, 2.24) is 29.7 Å². The minimum Gasteiger partial charge on any atom is -0.461 e. The number of aromatic nitrogens is 4. The summed E-state index contributed by atoms with van der Waals surface area (Å²) >= 11 is 0.823. The number of nitrogens with zero attached hydrogens (tertiary/aromatic N) is 6. The van der Waals surface area contributed by atoms with E-state index in [0.717, 1.165) is 34.9 Å². The number of nitrogens with two attached hydrogens (primary N) is 1. The van der Waals surface area contributed by atoms with E-state index in [-0.39, 0.29) is 76.5 Å². The highest BCUT2D eigenvalue weighted by Gasteiger charge is 2.60. The van der Waals surface area contributed by atoms with Crippen LogP contribution < -0.4 is 26.2 Å². The Morgan fingerprint density at radius 1 is 1.10 bits per heavy atom. The zero-order valence-electron chi connectivity index (χ0n) is 25.5. The number of nitrogen functional groups attached to an aromatic ring is 1. The first-order chi connectivity index (χ1) is 23.0. The average molecular weight is 691 g/mol. The number of thiazole rings is 1. The number of anilines is 2. The minimum atomic E-state index is -3.29. The third-order valence-corrected chi connectivity index (χ3v) is 11.4. The number of pyridine rings is 1. The second kappa shape index (κ2) is 10.7. The van der Waals surface area contributed by atoms with Crippen molar-refractivity contribution >= 4 is 43.4 Å². The maximum atomic E-state index is 17.3. The fourth-order valence-corrected chi connectivity index (χ4v) is 8.97.